The molecular formula is C13H12Cl2N2O. The van der Waals surface area contributed by atoms with Crippen molar-refractivity contribution in [2.75, 3.05) is 12.4 Å². The van der Waals surface area contributed by atoms with Gasteiger partial charge in [-0.25, -0.2) is 4.98 Å². The van der Waals surface area contributed by atoms with Gasteiger partial charge in [0.2, 0.25) is 5.88 Å². The Labute approximate surface area is 116 Å². The quantitative estimate of drug-likeness (QED) is 0.920. The molecule has 0 spiro atoms. The molecule has 0 saturated heterocycles. The lowest BCUT2D eigenvalue weighted by molar-refractivity contribution is 0.396. The zero-order chi connectivity index (χ0) is 13.0. The van der Waals surface area contributed by atoms with Crippen LogP contribution in [0.1, 0.15) is 5.69 Å². The Hall–Kier alpha value is -1.45. The number of anilines is 1. The van der Waals surface area contributed by atoms with Crippen LogP contribution < -0.4 is 10.1 Å². The van der Waals surface area contributed by atoms with Crippen molar-refractivity contribution in [3.8, 4) is 5.88 Å². The highest BCUT2D eigenvalue weighted by molar-refractivity contribution is 6.35. The Morgan fingerprint density at radius 1 is 1.17 bits per heavy atom. The van der Waals surface area contributed by atoms with Crippen molar-refractivity contribution in [1.29, 1.82) is 0 Å². The highest BCUT2D eigenvalue weighted by atomic mass is 35.5. The van der Waals surface area contributed by atoms with E-state index < -0.39 is 0 Å². The van der Waals surface area contributed by atoms with Crippen LogP contribution in [-0.4, -0.2) is 12.1 Å². The van der Waals surface area contributed by atoms with Crippen molar-refractivity contribution >= 4 is 28.9 Å². The first-order chi connectivity index (χ1) is 8.67. The van der Waals surface area contributed by atoms with Gasteiger partial charge in [0.05, 0.1) is 19.3 Å². The van der Waals surface area contributed by atoms with E-state index in [0.717, 1.165) is 11.4 Å². The van der Waals surface area contributed by atoms with Crippen molar-refractivity contribution in [3.05, 3.63) is 52.1 Å². The fourth-order valence-corrected chi connectivity index (χ4v) is 2.04. The van der Waals surface area contributed by atoms with E-state index in [1.54, 1.807) is 19.2 Å². The number of halogens is 2. The van der Waals surface area contributed by atoms with Crippen LogP contribution in [-0.2, 0) is 6.54 Å². The molecule has 2 aromatic rings. The van der Waals surface area contributed by atoms with E-state index in [0.29, 0.717) is 22.5 Å². The van der Waals surface area contributed by atoms with Gasteiger partial charge in [-0.05, 0) is 24.3 Å². The number of hydrogen-bond acceptors (Lipinski definition) is 3. The molecule has 2 rings (SSSR count). The van der Waals surface area contributed by atoms with Crippen LogP contribution >= 0.6 is 23.2 Å². The highest BCUT2D eigenvalue weighted by Crippen LogP contribution is 2.22. The summed E-state index contributed by atoms with van der Waals surface area (Å²) in [4.78, 5) is 4.30. The molecule has 3 nitrogen and oxygen atoms in total. The summed E-state index contributed by atoms with van der Waals surface area (Å²) < 4.78 is 5.06. The summed E-state index contributed by atoms with van der Waals surface area (Å²) in [6, 6.07) is 10.9. The predicted octanol–water partition coefficient (Wildman–Crippen LogP) is 4.01. The van der Waals surface area contributed by atoms with Crippen molar-refractivity contribution in [2.45, 2.75) is 6.54 Å². The van der Waals surface area contributed by atoms with Crippen LogP contribution in [0, 0.1) is 0 Å². The second-order valence-corrected chi connectivity index (χ2v) is 4.56. The number of hydrogen-bond donors (Lipinski definition) is 1. The molecule has 0 atom stereocenters. The lowest BCUT2D eigenvalue weighted by Crippen LogP contribution is -2.02. The first-order valence-corrected chi connectivity index (χ1v) is 6.13. The smallest absolute Gasteiger partial charge is 0.213 e. The maximum atomic E-state index is 5.92. The molecule has 0 radical (unpaired) electrons. The molecule has 0 aliphatic carbocycles. The summed E-state index contributed by atoms with van der Waals surface area (Å²) in [6.45, 7) is 0.577. The molecule has 18 heavy (non-hydrogen) atoms. The van der Waals surface area contributed by atoms with E-state index in [1.807, 2.05) is 24.3 Å². The standard InChI is InChI=1S/C13H12Cl2N2O/c1-18-13-4-2-3-11(17-13)8-16-12-6-9(14)5-10(15)7-12/h2-7,16H,8H2,1H3. The maximum Gasteiger partial charge on any atom is 0.213 e. The molecule has 0 fully saturated rings. The minimum Gasteiger partial charge on any atom is -0.481 e. The van der Waals surface area contributed by atoms with Gasteiger partial charge in [0.15, 0.2) is 0 Å². The van der Waals surface area contributed by atoms with Crippen LogP contribution in [0.3, 0.4) is 0 Å². The molecule has 1 N–H and O–H groups in total. The third-order valence-electron chi connectivity index (χ3n) is 2.33. The van der Waals surface area contributed by atoms with Gasteiger partial charge in [0, 0.05) is 21.8 Å². The van der Waals surface area contributed by atoms with Crippen molar-refractivity contribution in [3.63, 3.8) is 0 Å². The van der Waals surface area contributed by atoms with Crippen LogP contribution in [0.4, 0.5) is 5.69 Å². The average Bonchev–Trinajstić information content (AvgIpc) is 2.35. The molecule has 0 saturated carbocycles. The SMILES string of the molecule is COc1cccc(CNc2cc(Cl)cc(Cl)c2)n1. The van der Waals surface area contributed by atoms with E-state index in [1.165, 1.54) is 0 Å². The Balaban J connectivity index is 2.06. The molecule has 0 amide bonds. The molecule has 0 aliphatic heterocycles. The minimum atomic E-state index is 0.577. The van der Waals surface area contributed by atoms with Crippen LogP contribution in [0.5, 0.6) is 5.88 Å². The summed E-state index contributed by atoms with van der Waals surface area (Å²) in [6.07, 6.45) is 0. The van der Waals surface area contributed by atoms with Gasteiger partial charge in [0.1, 0.15) is 0 Å². The summed E-state index contributed by atoms with van der Waals surface area (Å²) in [5.41, 5.74) is 1.74. The van der Waals surface area contributed by atoms with Gasteiger partial charge in [-0.3, -0.25) is 0 Å². The normalized spacial score (nSPS) is 10.2. The molecule has 0 bridgehead atoms. The van der Waals surface area contributed by atoms with E-state index in [9.17, 15) is 0 Å². The molecule has 1 aromatic heterocycles. The number of rotatable bonds is 4. The summed E-state index contributed by atoms with van der Waals surface area (Å²) in [5.74, 6) is 0.596. The first-order valence-electron chi connectivity index (χ1n) is 5.37. The molecule has 1 heterocycles. The number of nitrogens with zero attached hydrogens (tertiary/aromatic N) is 1. The van der Waals surface area contributed by atoms with Crippen LogP contribution in [0.15, 0.2) is 36.4 Å². The van der Waals surface area contributed by atoms with Crippen molar-refractivity contribution in [2.24, 2.45) is 0 Å². The zero-order valence-corrected chi connectivity index (χ0v) is 11.3. The fraction of sp³-hybridized carbons (Fsp3) is 0.154. The van der Waals surface area contributed by atoms with Gasteiger partial charge < -0.3 is 10.1 Å². The van der Waals surface area contributed by atoms with Crippen molar-refractivity contribution < 1.29 is 4.74 Å². The second-order valence-electron chi connectivity index (χ2n) is 3.68. The number of aromatic nitrogens is 1. The van der Waals surface area contributed by atoms with Gasteiger partial charge in [-0.2, -0.15) is 0 Å². The van der Waals surface area contributed by atoms with Crippen LogP contribution in [0.25, 0.3) is 0 Å². The zero-order valence-electron chi connectivity index (χ0n) is 9.78. The lowest BCUT2D eigenvalue weighted by atomic mass is 10.3. The minimum absolute atomic E-state index is 0.577. The highest BCUT2D eigenvalue weighted by Gasteiger charge is 2.00. The third kappa shape index (κ3) is 3.52. The van der Waals surface area contributed by atoms with Gasteiger partial charge in [0.25, 0.3) is 0 Å². The molecule has 94 valence electrons. The number of ether oxygens (including phenoxy) is 1. The number of pyridine rings is 1. The lowest BCUT2D eigenvalue weighted by Gasteiger charge is -2.08. The van der Waals surface area contributed by atoms with Gasteiger partial charge >= 0.3 is 0 Å². The van der Waals surface area contributed by atoms with Gasteiger partial charge in [-0.1, -0.05) is 29.3 Å². The van der Waals surface area contributed by atoms with Gasteiger partial charge in [-0.15, -0.1) is 0 Å². The molecule has 1 aromatic carbocycles. The largest absolute Gasteiger partial charge is 0.481 e. The second kappa shape index (κ2) is 5.94. The molecule has 0 aliphatic rings. The topological polar surface area (TPSA) is 34.1 Å². The fourth-order valence-electron chi connectivity index (χ4n) is 1.52. The molecule has 5 heteroatoms. The number of methoxy groups -OCH3 is 1. The molecular weight excluding hydrogens is 271 g/mol. The number of nitrogens with one attached hydrogen (secondary N) is 1. The number of benzene rings is 1. The Kier molecular flexibility index (Phi) is 4.28. The van der Waals surface area contributed by atoms with Crippen molar-refractivity contribution in [1.82, 2.24) is 4.98 Å². The molecule has 0 unspecified atom stereocenters. The van der Waals surface area contributed by atoms with E-state index >= 15 is 0 Å². The third-order valence-corrected chi connectivity index (χ3v) is 2.76. The van der Waals surface area contributed by atoms with E-state index in [2.05, 4.69) is 10.3 Å². The Morgan fingerprint density at radius 2 is 1.89 bits per heavy atom. The van der Waals surface area contributed by atoms with E-state index in [-0.39, 0.29) is 0 Å². The Bertz CT molecular complexity index is 526. The first kappa shape index (κ1) is 13.0. The van der Waals surface area contributed by atoms with Crippen LogP contribution in [0.2, 0.25) is 10.0 Å². The predicted molar refractivity (Wildman–Crippen MR) is 74.6 cm³/mol. The average molecular weight is 283 g/mol. The monoisotopic (exact) mass is 282 g/mol. The Morgan fingerprint density at radius 3 is 2.56 bits per heavy atom. The summed E-state index contributed by atoms with van der Waals surface area (Å²) >= 11 is 11.8. The summed E-state index contributed by atoms with van der Waals surface area (Å²) in [5, 5.41) is 4.41. The maximum absolute atomic E-state index is 5.92. The van der Waals surface area contributed by atoms with E-state index in [4.69, 9.17) is 27.9 Å². The summed E-state index contributed by atoms with van der Waals surface area (Å²) in [7, 11) is 1.59.